The molecule has 1 aromatic rings. The molecule has 1 aliphatic heterocycles. The van der Waals surface area contributed by atoms with Gasteiger partial charge in [0.2, 0.25) is 0 Å². The summed E-state index contributed by atoms with van der Waals surface area (Å²) in [6.45, 7) is 1.34. The van der Waals surface area contributed by atoms with Gasteiger partial charge in [-0.25, -0.2) is 0 Å². The maximum Gasteiger partial charge on any atom is 0.257 e. The maximum atomic E-state index is 12.6. The molecule has 0 saturated carbocycles. The highest BCUT2D eigenvalue weighted by molar-refractivity contribution is 6.39. The monoisotopic (exact) mass is 300 g/mol. The average Bonchev–Trinajstić information content (AvgIpc) is 2.39. The molecule has 2 N–H and O–H groups in total. The van der Waals surface area contributed by atoms with Crippen LogP contribution in [0.4, 0.5) is 0 Å². The van der Waals surface area contributed by atoms with E-state index in [0.717, 1.165) is 32.2 Å². The Kier molecular flexibility index (Phi) is 5.08. The van der Waals surface area contributed by atoms with Crippen LogP contribution in [0, 0.1) is 0 Å². The third-order valence-corrected chi connectivity index (χ3v) is 4.19. The molecule has 0 radical (unpaired) electrons. The van der Waals surface area contributed by atoms with E-state index in [1.165, 1.54) is 0 Å². The van der Waals surface area contributed by atoms with Crippen LogP contribution in [-0.2, 0) is 0 Å². The lowest BCUT2D eigenvalue weighted by Gasteiger charge is -2.36. The Bertz CT molecular complexity index is 443. The molecule has 1 fully saturated rings. The molecule has 5 heteroatoms. The zero-order valence-corrected chi connectivity index (χ0v) is 12.3. The molecule has 0 aromatic heterocycles. The smallest absolute Gasteiger partial charge is 0.257 e. The predicted octanol–water partition coefficient (Wildman–Crippen LogP) is 3.34. The van der Waals surface area contributed by atoms with Crippen molar-refractivity contribution in [3.63, 3.8) is 0 Å². The first-order chi connectivity index (χ1) is 9.15. The largest absolute Gasteiger partial charge is 0.336 e. The van der Waals surface area contributed by atoms with Crippen molar-refractivity contribution < 1.29 is 4.79 Å². The fourth-order valence-electron chi connectivity index (χ4n) is 2.61. The molecule has 1 amide bonds. The van der Waals surface area contributed by atoms with Crippen LogP contribution in [-0.4, -0.2) is 29.9 Å². The van der Waals surface area contributed by atoms with Crippen molar-refractivity contribution >= 4 is 29.1 Å². The van der Waals surface area contributed by atoms with E-state index >= 15 is 0 Å². The quantitative estimate of drug-likeness (QED) is 0.930. The van der Waals surface area contributed by atoms with Crippen LogP contribution in [0.3, 0.4) is 0 Å². The van der Waals surface area contributed by atoms with E-state index in [0.29, 0.717) is 22.2 Å². The Morgan fingerprint density at radius 3 is 2.63 bits per heavy atom. The van der Waals surface area contributed by atoms with E-state index in [9.17, 15) is 4.79 Å². The summed E-state index contributed by atoms with van der Waals surface area (Å²) in [7, 11) is 0. The van der Waals surface area contributed by atoms with Crippen molar-refractivity contribution in [1.82, 2.24) is 4.90 Å². The number of likely N-dealkylation sites (tertiary alicyclic amines) is 1. The molecule has 1 atom stereocenters. The molecule has 104 valence electrons. The zero-order valence-electron chi connectivity index (χ0n) is 10.7. The molecular formula is C14H18Cl2N2O. The van der Waals surface area contributed by atoms with E-state index in [1.54, 1.807) is 18.2 Å². The van der Waals surface area contributed by atoms with Gasteiger partial charge >= 0.3 is 0 Å². The van der Waals surface area contributed by atoms with Gasteiger partial charge in [-0.1, -0.05) is 29.3 Å². The minimum Gasteiger partial charge on any atom is -0.336 e. The highest BCUT2D eigenvalue weighted by Crippen LogP contribution is 2.29. The van der Waals surface area contributed by atoms with E-state index in [-0.39, 0.29) is 11.9 Å². The third kappa shape index (κ3) is 3.22. The summed E-state index contributed by atoms with van der Waals surface area (Å²) in [6, 6.07) is 5.35. The van der Waals surface area contributed by atoms with Gasteiger partial charge < -0.3 is 10.6 Å². The first-order valence-corrected chi connectivity index (χ1v) is 7.35. The number of amides is 1. The molecule has 0 spiro atoms. The highest BCUT2D eigenvalue weighted by Gasteiger charge is 2.29. The Morgan fingerprint density at radius 2 is 2.00 bits per heavy atom. The fourth-order valence-corrected chi connectivity index (χ4v) is 3.17. The minimum absolute atomic E-state index is 0.0752. The summed E-state index contributed by atoms with van der Waals surface area (Å²) in [5.41, 5.74) is 6.04. The molecule has 1 aliphatic rings. The number of piperidine rings is 1. The summed E-state index contributed by atoms with van der Waals surface area (Å²) in [4.78, 5) is 14.5. The second-order valence-corrected chi connectivity index (χ2v) is 5.64. The summed E-state index contributed by atoms with van der Waals surface area (Å²) >= 11 is 12.2. The number of carbonyl (C=O) groups is 1. The molecule has 1 aromatic carbocycles. The van der Waals surface area contributed by atoms with Crippen LogP contribution < -0.4 is 5.73 Å². The minimum atomic E-state index is -0.0752. The third-order valence-electron chi connectivity index (χ3n) is 3.56. The van der Waals surface area contributed by atoms with Crippen molar-refractivity contribution in [2.24, 2.45) is 5.73 Å². The van der Waals surface area contributed by atoms with Gasteiger partial charge in [0.1, 0.15) is 0 Å². The fraction of sp³-hybridized carbons (Fsp3) is 0.500. The van der Waals surface area contributed by atoms with Crippen LogP contribution >= 0.6 is 23.2 Å². The number of hydrogen-bond acceptors (Lipinski definition) is 2. The van der Waals surface area contributed by atoms with Gasteiger partial charge in [0.25, 0.3) is 5.91 Å². The summed E-state index contributed by atoms with van der Waals surface area (Å²) in [6.07, 6.45) is 4.00. The molecule has 1 unspecified atom stereocenters. The number of benzene rings is 1. The van der Waals surface area contributed by atoms with Crippen LogP contribution in [0.2, 0.25) is 10.0 Å². The van der Waals surface area contributed by atoms with Crippen molar-refractivity contribution in [1.29, 1.82) is 0 Å². The molecular weight excluding hydrogens is 283 g/mol. The Morgan fingerprint density at radius 1 is 1.32 bits per heavy atom. The lowest BCUT2D eigenvalue weighted by Crippen LogP contribution is -2.44. The second-order valence-electron chi connectivity index (χ2n) is 4.82. The first-order valence-electron chi connectivity index (χ1n) is 6.60. The molecule has 3 nitrogen and oxygen atoms in total. The van der Waals surface area contributed by atoms with Crippen molar-refractivity contribution in [3.05, 3.63) is 33.8 Å². The molecule has 1 heterocycles. The van der Waals surface area contributed by atoms with Crippen LogP contribution in [0.15, 0.2) is 18.2 Å². The van der Waals surface area contributed by atoms with Gasteiger partial charge in [0, 0.05) is 12.6 Å². The van der Waals surface area contributed by atoms with Gasteiger partial charge in [-0.05, 0) is 44.4 Å². The van der Waals surface area contributed by atoms with Gasteiger partial charge in [-0.3, -0.25) is 4.79 Å². The van der Waals surface area contributed by atoms with Crippen molar-refractivity contribution in [2.75, 3.05) is 13.1 Å². The topological polar surface area (TPSA) is 46.3 Å². The molecule has 1 saturated heterocycles. The number of rotatable bonds is 3. The van der Waals surface area contributed by atoms with E-state index < -0.39 is 0 Å². The maximum absolute atomic E-state index is 12.6. The van der Waals surface area contributed by atoms with E-state index in [2.05, 4.69) is 0 Å². The van der Waals surface area contributed by atoms with E-state index in [4.69, 9.17) is 28.9 Å². The number of halogens is 2. The van der Waals surface area contributed by atoms with Gasteiger partial charge in [-0.15, -0.1) is 0 Å². The zero-order chi connectivity index (χ0) is 13.8. The van der Waals surface area contributed by atoms with E-state index in [1.807, 2.05) is 4.90 Å². The molecule has 2 rings (SSSR count). The molecule has 0 bridgehead atoms. The highest BCUT2D eigenvalue weighted by atomic mass is 35.5. The summed E-state index contributed by atoms with van der Waals surface area (Å²) in [5, 5.41) is 0.823. The standard InChI is InChI=1S/C14H18Cl2N2O/c15-11-5-3-6-12(16)13(11)14(19)18-9-2-1-4-10(18)7-8-17/h3,5-6,10H,1-2,4,7-9,17H2. The summed E-state index contributed by atoms with van der Waals surface area (Å²) in [5.74, 6) is -0.0752. The van der Waals surface area contributed by atoms with Gasteiger partial charge in [-0.2, -0.15) is 0 Å². The normalized spacial score (nSPS) is 19.5. The lowest BCUT2D eigenvalue weighted by molar-refractivity contribution is 0.0605. The van der Waals surface area contributed by atoms with Crippen LogP contribution in [0.5, 0.6) is 0 Å². The average molecular weight is 301 g/mol. The number of nitrogens with zero attached hydrogens (tertiary/aromatic N) is 1. The predicted molar refractivity (Wildman–Crippen MR) is 78.8 cm³/mol. The molecule has 0 aliphatic carbocycles. The lowest BCUT2D eigenvalue weighted by atomic mass is 9.98. The van der Waals surface area contributed by atoms with Crippen LogP contribution in [0.1, 0.15) is 36.0 Å². The Balaban J connectivity index is 2.26. The first kappa shape index (κ1) is 14.6. The molecule has 19 heavy (non-hydrogen) atoms. The van der Waals surface area contributed by atoms with Crippen molar-refractivity contribution in [2.45, 2.75) is 31.7 Å². The Labute approximate surface area is 123 Å². The van der Waals surface area contributed by atoms with Gasteiger partial charge in [0.05, 0.1) is 15.6 Å². The SMILES string of the molecule is NCCC1CCCCN1C(=O)c1c(Cl)cccc1Cl. The second kappa shape index (κ2) is 6.60. The van der Waals surface area contributed by atoms with Crippen molar-refractivity contribution in [3.8, 4) is 0 Å². The number of nitrogens with two attached hydrogens (primary N) is 1. The Hall–Kier alpha value is -0.770. The van der Waals surface area contributed by atoms with Gasteiger partial charge in [0.15, 0.2) is 0 Å². The number of carbonyl (C=O) groups excluding carboxylic acids is 1. The van der Waals surface area contributed by atoms with Crippen LogP contribution in [0.25, 0.3) is 0 Å². The number of hydrogen-bond donors (Lipinski definition) is 1. The summed E-state index contributed by atoms with van der Waals surface area (Å²) < 4.78 is 0.